The molecule has 0 aliphatic heterocycles. The van der Waals surface area contributed by atoms with Crippen LogP contribution in [0.1, 0.15) is 38.2 Å². The summed E-state index contributed by atoms with van der Waals surface area (Å²) >= 11 is 0. The first-order valence-electron chi connectivity index (χ1n) is 6.35. The smallest absolute Gasteiger partial charge is 0.169 e. The van der Waals surface area contributed by atoms with Crippen molar-refractivity contribution in [3.8, 4) is 17.6 Å². The first-order chi connectivity index (χ1) is 8.79. The van der Waals surface area contributed by atoms with Crippen molar-refractivity contribution in [1.29, 1.82) is 0 Å². The third-order valence-corrected chi connectivity index (χ3v) is 2.52. The van der Waals surface area contributed by atoms with Gasteiger partial charge < -0.3 is 10.5 Å². The summed E-state index contributed by atoms with van der Waals surface area (Å²) in [5, 5.41) is 0. The lowest BCUT2D eigenvalue weighted by Gasteiger charge is -2.08. The van der Waals surface area contributed by atoms with E-state index >= 15 is 0 Å². The highest BCUT2D eigenvalue weighted by atomic mass is 19.1. The Hall–Kier alpha value is -1.53. The molecule has 0 fully saturated rings. The molecule has 0 spiro atoms. The highest BCUT2D eigenvalue weighted by molar-refractivity contribution is 5.30. The van der Waals surface area contributed by atoms with E-state index in [1.54, 1.807) is 18.2 Å². The van der Waals surface area contributed by atoms with Crippen LogP contribution in [0, 0.1) is 17.7 Å². The van der Waals surface area contributed by atoms with Gasteiger partial charge in [0.05, 0.1) is 6.61 Å². The van der Waals surface area contributed by atoms with Gasteiger partial charge in [-0.1, -0.05) is 19.1 Å². The average molecular weight is 249 g/mol. The van der Waals surface area contributed by atoms with Crippen LogP contribution in [0.15, 0.2) is 18.2 Å². The van der Waals surface area contributed by atoms with Gasteiger partial charge in [0.2, 0.25) is 0 Å². The number of ether oxygens (including phenoxy) is 1. The number of hydrogen-bond donors (Lipinski definition) is 1. The summed E-state index contributed by atoms with van der Waals surface area (Å²) in [7, 11) is 0. The Bertz CT molecular complexity index is 420. The van der Waals surface area contributed by atoms with Crippen molar-refractivity contribution in [2.75, 3.05) is 6.61 Å². The minimum atomic E-state index is -0.342. The van der Waals surface area contributed by atoms with E-state index in [4.69, 9.17) is 10.5 Å². The molecule has 0 bridgehead atoms. The van der Waals surface area contributed by atoms with Crippen LogP contribution >= 0.6 is 0 Å². The highest BCUT2D eigenvalue weighted by Crippen LogP contribution is 2.20. The lowest BCUT2D eigenvalue weighted by Crippen LogP contribution is -2.04. The minimum Gasteiger partial charge on any atom is -0.491 e. The van der Waals surface area contributed by atoms with Crippen molar-refractivity contribution < 1.29 is 9.13 Å². The Kier molecular flexibility index (Phi) is 6.90. The normalized spacial score (nSPS) is 9.72. The molecule has 18 heavy (non-hydrogen) atoms. The number of unbranched alkanes of at least 4 members (excludes halogenated alkanes) is 2. The number of rotatable bonds is 6. The third kappa shape index (κ3) is 4.77. The summed E-state index contributed by atoms with van der Waals surface area (Å²) in [6.07, 6.45) is 3.63. The Morgan fingerprint density at radius 2 is 2.11 bits per heavy atom. The number of halogens is 1. The van der Waals surface area contributed by atoms with E-state index in [1.165, 1.54) is 0 Å². The molecule has 1 aromatic carbocycles. The molecule has 98 valence electrons. The fraction of sp³-hybridized carbons (Fsp3) is 0.467. The van der Waals surface area contributed by atoms with Crippen LogP contribution in [0.4, 0.5) is 4.39 Å². The van der Waals surface area contributed by atoms with E-state index in [1.807, 2.05) is 6.92 Å². The van der Waals surface area contributed by atoms with Gasteiger partial charge in [-0.3, -0.25) is 0 Å². The van der Waals surface area contributed by atoms with Gasteiger partial charge in [-0.25, -0.2) is 4.39 Å². The number of nitrogens with two attached hydrogens (primary N) is 1. The summed E-state index contributed by atoms with van der Waals surface area (Å²) in [5.74, 6) is 6.03. The molecule has 0 saturated heterocycles. The lowest BCUT2D eigenvalue weighted by atomic mass is 10.2. The second kappa shape index (κ2) is 8.54. The Morgan fingerprint density at radius 3 is 2.83 bits per heavy atom. The summed E-state index contributed by atoms with van der Waals surface area (Å²) in [4.78, 5) is 0. The summed E-state index contributed by atoms with van der Waals surface area (Å²) in [6, 6.07) is 5.06. The van der Waals surface area contributed by atoms with Crippen LogP contribution < -0.4 is 10.5 Å². The van der Waals surface area contributed by atoms with Crippen molar-refractivity contribution in [2.45, 2.75) is 39.2 Å². The first kappa shape index (κ1) is 14.5. The largest absolute Gasteiger partial charge is 0.491 e. The fourth-order valence-corrected chi connectivity index (χ4v) is 1.54. The molecule has 0 aromatic heterocycles. The van der Waals surface area contributed by atoms with Gasteiger partial charge in [0.1, 0.15) is 0 Å². The molecule has 0 aliphatic rings. The van der Waals surface area contributed by atoms with Crippen LogP contribution in [0.25, 0.3) is 0 Å². The molecule has 0 radical (unpaired) electrons. The molecule has 2 N–H and O–H groups in total. The molecule has 0 amide bonds. The predicted octanol–water partition coefficient (Wildman–Crippen LogP) is 3.25. The molecule has 3 heteroatoms. The van der Waals surface area contributed by atoms with E-state index in [0.717, 1.165) is 25.7 Å². The minimum absolute atomic E-state index is 0.190. The second-order valence-electron chi connectivity index (χ2n) is 3.95. The summed E-state index contributed by atoms with van der Waals surface area (Å²) in [6.45, 7) is 2.73. The quantitative estimate of drug-likeness (QED) is 0.620. The maximum atomic E-state index is 13.7. The van der Waals surface area contributed by atoms with Crippen molar-refractivity contribution in [2.24, 2.45) is 5.73 Å². The van der Waals surface area contributed by atoms with Gasteiger partial charge in [-0.2, -0.15) is 0 Å². The molecule has 0 unspecified atom stereocenters. The maximum Gasteiger partial charge on any atom is 0.169 e. The lowest BCUT2D eigenvalue weighted by molar-refractivity contribution is 0.292. The third-order valence-electron chi connectivity index (χ3n) is 2.52. The zero-order valence-electron chi connectivity index (χ0n) is 10.8. The molecule has 1 aromatic rings. The van der Waals surface area contributed by atoms with Gasteiger partial charge in [0.15, 0.2) is 11.6 Å². The zero-order valence-corrected chi connectivity index (χ0v) is 10.8. The van der Waals surface area contributed by atoms with Gasteiger partial charge >= 0.3 is 0 Å². The Balaban J connectivity index is 2.31. The Morgan fingerprint density at radius 1 is 1.28 bits per heavy atom. The summed E-state index contributed by atoms with van der Waals surface area (Å²) in [5.41, 5.74) is 5.92. The molecular weight excluding hydrogens is 229 g/mol. The predicted molar refractivity (Wildman–Crippen MR) is 71.7 cm³/mol. The summed E-state index contributed by atoms with van der Waals surface area (Å²) < 4.78 is 19.1. The molecule has 2 nitrogen and oxygen atoms in total. The van der Waals surface area contributed by atoms with Crippen LogP contribution in [0.5, 0.6) is 5.75 Å². The van der Waals surface area contributed by atoms with Crippen LogP contribution in [-0.4, -0.2) is 6.61 Å². The zero-order chi connectivity index (χ0) is 13.2. The number of benzene rings is 1. The molecule has 0 saturated carbocycles. The van der Waals surface area contributed by atoms with E-state index < -0.39 is 0 Å². The number of hydrogen-bond acceptors (Lipinski definition) is 2. The van der Waals surface area contributed by atoms with Crippen molar-refractivity contribution >= 4 is 0 Å². The van der Waals surface area contributed by atoms with E-state index in [0.29, 0.717) is 12.2 Å². The monoisotopic (exact) mass is 249 g/mol. The van der Waals surface area contributed by atoms with E-state index in [9.17, 15) is 4.39 Å². The molecular formula is C15H20FNO. The molecule has 0 atom stereocenters. The topological polar surface area (TPSA) is 35.2 Å². The Labute approximate surface area is 108 Å². The van der Waals surface area contributed by atoms with Crippen molar-refractivity contribution in [3.05, 3.63) is 29.6 Å². The van der Waals surface area contributed by atoms with Crippen LogP contribution in [0.2, 0.25) is 0 Å². The SMILES string of the molecule is CCC#CCCCCOc1cccc(CN)c1F. The molecule has 0 heterocycles. The first-order valence-corrected chi connectivity index (χ1v) is 6.35. The van der Waals surface area contributed by atoms with Gasteiger partial charge in [-0.05, 0) is 18.9 Å². The van der Waals surface area contributed by atoms with Gasteiger partial charge in [0.25, 0.3) is 0 Å². The van der Waals surface area contributed by atoms with E-state index in [-0.39, 0.29) is 18.1 Å². The maximum absolute atomic E-state index is 13.7. The second-order valence-corrected chi connectivity index (χ2v) is 3.95. The van der Waals surface area contributed by atoms with Crippen LogP contribution in [0.3, 0.4) is 0 Å². The van der Waals surface area contributed by atoms with Crippen molar-refractivity contribution in [1.82, 2.24) is 0 Å². The van der Waals surface area contributed by atoms with Gasteiger partial charge in [0, 0.05) is 24.9 Å². The standard InChI is InChI=1S/C15H20FNO/c1-2-3-4-5-6-7-11-18-14-10-8-9-13(12-17)15(14)16/h8-10H,2,5-7,11-12,17H2,1H3. The highest BCUT2D eigenvalue weighted by Gasteiger charge is 2.07. The molecule has 0 aliphatic carbocycles. The van der Waals surface area contributed by atoms with Crippen molar-refractivity contribution in [3.63, 3.8) is 0 Å². The fourth-order valence-electron chi connectivity index (χ4n) is 1.54. The average Bonchev–Trinajstić information content (AvgIpc) is 2.39. The molecule has 1 rings (SSSR count). The van der Waals surface area contributed by atoms with Crippen LogP contribution in [-0.2, 0) is 6.54 Å². The van der Waals surface area contributed by atoms with E-state index in [2.05, 4.69) is 11.8 Å². The van der Waals surface area contributed by atoms with Gasteiger partial charge in [-0.15, -0.1) is 11.8 Å².